The topological polar surface area (TPSA) is 50.8 Å². The number of nitrogens with zero attached hydrogens (tertiary/aromatic N) is 1. The molecule has 0 bridgehead atoms. The number of ether oxygens (including phenoxy) is 2. The van der Waals surface area contributed by atoms with E-state index >= 15 is 0 Å². The van der Waals surface area contributed by atoms with Gasteiger partial charge in [-0.05, 0) is 38.5 Å². The molecular weight excluding hydrogens is 340 g/mol. The molecular formula is C22H28N2O3. The number of para-hydroxylation sites is 2. The maximum absolute atomic E-state index is 13.3. The first-order valence-electron chi connectivity index (χ1n) is 9.45. The second-order valence-corrected chi connectivity index (χ2v) is 7.03. The molecule has 0 fully saturated rings. The number of methoxy groups -OCH3 is 1. The molecule has 0 saturated carbocycles. The molecule has 144 valence electrons. The van der Waals surface area contributed by atoms with Crippen molar-refractivity contribution in [2.75, 3.05) is 25.6 Å². The summed E-state index contributed by atoms with van der Waals surface area (Å²) in [5.41, 5.74) is 1.70. The summed E-state index contributed by atoms with van der Waals surface area (Å²) in [6, 6.07) is 15.5. The van der Waals surface area contributed by atoms with E-state index in [-0.39, 0.29) is 12.0 Å². The van der Waals surface area contributed by atoms with Crippen LogP contribution in [0.5, 0.6) is 5.75 Å². The third kappa shape index (κ3) is 3.65. The van der Waals surface area contributed by atoms with E-state index in [1.165, 1.54) is 0 Å². The SMILES string of the molecule is CCC(C)Oc1ccccc1C1(C)Nc2ccccc2C(=O)N1CCOC. The van der Waals surface area contributed by atoms with Gasteiger partial charge in [-0.2, -0.15) is 0 Å². The van der Waals surface area contributed by atoms with Crippen molar-refractivity contribution in [2.24, 2.45) is 0 Å². The fourth-order valence-electron chi connectivity index (χ4n) is 3.45. The molecule has 0 aliphatic carbocycles. The number of carbonyl (C=O) groups excluding carboxylic acids is 1. The van der Waals surface area contributed by atoms with Crippen LogP contribution in [0.15, 0.2) is 48.5 Å². The van der Waals surface area contributed by atoms with Crippen LogP contribution in [-0.2, 0) is 10.4 Å². The Morgan fingerprint density at radius 3 is 2.59 bits per heavy atom. The molecule has 0 radical (unpaired) electrons. The molecule has 5 heteroatoms. The van der Waals surface area contributed by atoms with Gasteiger partial charge in [0, 0.05) is 24.9 Å². The van der Waals surface area contributed by atoms with Gasteiger partial charge in [0.2, 0.25) is 0 Å². The van der Waals surface area contributed by atoms with Crippen LogP contribution in [0, 0.1) is 0 Å². The van der Waals surface area contributed by atoms with Crippen molar-refractivity contribution >= 4 is 11.6 Å². The Kier molecular flexibility index (Phi) is 5.71. The lowest BCUT2D eigenvalue weighted by Gasteiger charge is -2.47. The molecule has 27 heavy (non-hydrogen) atoms. The Morgan fingerprint density at radius 1 is 1.15 bits per heavy atom. The number of hydrogen-bond acceptors (Lipinski definition) is 4. The Morgan fingerprint density at radius 2 is 1.85 bits per heavy atom. The normalized spacial score (nSPS) is 20.0. The molecule has 2 aromatic rings. The number of benzene rings is 2. The van der Waals surface area contributed by atoms with Crippen molar-refractivity contribution in [2.45, 2.75) is 39.0 Å². The molecule has 1 aliphatic rings. The van der Waals surface area contributed by atoms with Crippen LogP contribution in [0.1, 0.15) is 43.1 Å². The number of carbonyl (C=O) groups is 1. The smallest absolute Gasteiger partial charge is 0.258 e. The van der Waals surface area contributed by atoms with Gasteiger partial charge in [0.15, 0.2) is 0 Å². The van der Waals surface area contributed by atoms with Gasteiger partial charge in [0.1, 0.15) is 11.4 Å². The van der Waals surface area contributed by atoms with Crippen molar-refractivity contribution in [3.63, 3.8) is 0 Å². The lowest BCUT2D eigenvalue weighted by molar-refractivity contribution is 0.0428. The van der Waals surface area contributed by atoms with E-state index in [2.05, 4.69) is 19.2 Å². The lowest BCUT2D eigenvalue weighted by atomic mass is 9.92. The summed E-state index contributed by atoms with van der Waals surface area (Å²) in [4.78, 5) is 15.1. The first kappa shape index (κ1) is 19.2. The van der Waals surface area contributed by atoms with E-state index in [1.54, 1.807) is 7.11 Å². The molecule has 2 unspecified atom stereocenters. The first-order valence-corrected chi connectivity index (χ1v) is 9.45. The Balaban J connectivity index is 2.09. The lowest BCUT2D eigenvalue weighted by Crippen LogP contribution is -2.56. The minimum Gasteiger partial charge on any atom is -0.490 e. The van der Waals surface area contributed by atoms with Crippen molar-refractivity contribution in [1.82, 2.24) is 4.90 Å². The van der Waals surface area contributed by atoms with E-state index in [4.69, 9.17) is 9.47 Å². The second-order valence-electron chi connectivity index (χ2n) is 7.03. The summed E-state index contributed by atoms with van der Waals surface area (Å²) < 4.78 is 11.4. The highest BCUT2D eigenvalue weighted by molar-refractivity contribution is 6.02. The zero-order valence-electron chi connectivity index (χ0n) is 16.5. The maximum Gasteiger partial charge on any atom is 0.258 e. The average molecular weight is 368 g/mol. The monoisotopic (exact) mass is 368 g/mol. The Bertz CT molecular complexity index is 808. The van der Waals surface area contributed by atoms with Crippen LogP contribution in [-0.4, -0.2) is 37.2 Å². The quantitative estimate of drug-likeness (QED) is 0.794. The van der Waals surface area contributed by atoms with Gasteiger partial charge >= 0.3 is 0 Å². The van der Waals surface area contributed by atoms with Crippen LogP contribution in [0.25, 0.3) is 0 Å². The highest BCUT2D eigenvalue weighted by Crippen LogP contribution is 2.41. The summed E-state index contributed by atoms with van der Waals surface area (Å²) in [7, 11) is 1.65. The van der Waals surface area contributed by atoms with Gasteiger partial charge in [-0.1, -0.05) is 37.3 Å². The van der Waals surface area contributed by atoms with Gasteiger partial charge in [-0.15, -0.1) is 0 Å². The second kappa shape index (κ2) is 8.01. The third-order valence-corrected chi connectivity index (χ3v) is 5.15. The predicted octanol–water partition coefficient (Wildman–Crippen LogP) is 4.25. The zero-order valence-corrected chi connectivity index (χ0v) is 16.5. The van der Waals surface area contributed by atoms with Crippen LogP contribution >= 0.6 is 0 Å². The minimum atomic E-state index is -0.742. The van der Waals surface area contributed by atoms with E-state index in [0.717, 1.165) is 23.4 Å². The maximum atomic E-state index is 13.3. The van der Waals surface area contributed by atoms with Crippen LogP contribution in [0.2, 0.25) is 0 Å². The highest BCUT2D eigenvalue weighted by Gasteiger charge is 2.43. The summed E-state index contributed by atoms with van der Waals surface area (Å²) in [5.74, 6) is 0.777. The van der Waals surface area contributed by atoms with E-state index in [0.29, 0.717) is 18.7 Å². The fraction of sp³-hybridized carbons (Fsp3) is 0.409. The van der Waals surface area contributed by atoms with Gasteiger partial charge < -0.3 is 19.7 Å². The van der Waals surface area contributed by atoms with E-state index in [1.807, 2.05) is 60.4 Å². The number of rotatable bonds is 7. The van der Waals surface area contributed by atoms with Gasteiger partial charge in [0.05, 0.1) is 18.3 Å². The van der Waals surface area contributed by atoms with Gasteiger partial charge in [-0.3, -0.25) is 4.79 Å². The van der Waals surface area contributed by atoms with E-state index in [9.17, 15) is 4.79 Å². The summed E-state index contributed by atoms with van der Waals surface area (Å²) in [6.45, 7) is 7.11. The van der Waals surface area contributed by atoms with E-state index < -0.39 is 5.66 Å². The molecule has 2 atom stereocenters. The summed E-state index contributed by atoms with van der Waals surface area (Å²) in [5, 5.41) is 3.58. The minimum absolute atomic E-state index is 0.0118. The van der Waals surface area contributed by atoms with Crippen molar-refractivity contribution in [3.05, 3.63) is 59.7 Å². The molecule has 1 N–H and O–H groups in total. The molecule has 0 aromatic heterocycles. The number of amides is 1. The Labute approximate surface area is 161 Å². The van der Waals surface area contributed by atoms with Crippen LogP contribution in [0.4, 0.5) is 5.69 Å². The summed E-state index contributed by atoms with van der Waals surface area (Å²) in [6.07, 6.45) is 1.00. The Hall–Kier alpha value is -2.53. The summed E-state index contributed by atoms with van der Waals surface area (Å²) >= 11 is 0. The van der Waals surface area contributed by atoms with Crippen LogP contribution in [0.3, 0.4) is 0 Å². The molecule has 0 spiro atoms. The van der Waals surface area contributed by atoms with Gasteiger partial charge in [0.25, 0.3) is 5.91 Å². The van der Waals surface area contributed by atoms with Crippen LogP contribution < -0.4 is 10.1 Å². The zero-order chi connectivity index (χ0) is 19.4. The highest BCUT2D eigenvalue weighted by atomic mass is 16.5. The number of nitrogens with one attached hydrogen (secondary N) is 1. The van der Waals surface area contributed by atoms with Gasteiger partial charge in [-0.25, -0.2) is 0 Å². The largest absolute Gasteiger partial charge is 0.490 e. The van der Waals surface area contributed by atoms with Crippen molar-refractivity contribution in [3.8, 4) is 5.75 Å². The molecule has 1 aliphatic heterocycles. The third-order valence-electron chi connectivity index (χ3n) is 5.15. The first-order chi connectivity index (χ1) is 13.0. The number of fused-ring (bicyclic) bond motifs is 1. The molecule has 2 aromatic carbocycles. The number of anilines is 1. The standard InChI is InChI=1S/C22H28N2O3/c1-5-16(2)27-20-13-9-7-11-18(20)22(3)23-19-12-8-6-10-17(19)21(25)24(22)14-15-26-4/h6-13,16,23H,5,14-15H2,1-4H3. The molecule has 3 rings (SSSR count). The molecule has 1 heterocycles. The number of hydrogen-bond donors (Lipinski definition) is 1. The average Bonchev–Trinajstić information content (AvgIpc) is 2.68. The van der Waals surface area contributed by atoms with Crippen molar-refractivity contribution in [1.29, 1.82) is 0 Å². The fourth-order valence-corrected chi connectivity index (χ4v) is 3.45. The molecule has 1 amide bonds. The predicted molar refractivity (Wildman–Crippen MR) is 107 cm³/mol. The molecule has 0 saturated heterocycles. The molecule has 5 nitrogen and oxygen atoms in total. The van der Waals surface area contributed by atoms with Crippen molar-refractivity contribution < 1.29 is 14.3 Å².